The molecule has 4 amide bonds. The van der Waals surface area contributed by atoms with Crippen molar-refractivity contribution < 1.29 is 38.5 Å². The molecule has 5 heterocycles. The summed E-state index contributed by atoms with van der Waals surface area (Å²) in [6.45, 7) is 16.2. The molecule has 75 heavy (non-hydrogen) atoms. The number of carbonyl (C=O) groups excluding carboxylic acids is 4. The highest BCUT2D eigenvalue weighted by atomic mass is 35.5. The number of fused-ring (bicyclic) bond motifs is 3. The normalized spacial score (nSPS) is 17.1. The standard InChI is InChI=1S/C55H64ClN9O8S2/c1-31-34(4)75-54-47(31)48(37-17-19-39(56)20-18-37)60-43(51-63-62-35(5)65(51)54)27-45(67)59-40-11-9-12-42(25-40)73-24-23-71-21-10-22-72-29-46(68)61-50(55(6,7)8)53(70)64-28-41(66)26-44(64)52(69)58-32(2)36-13-15-38(16-14-36)49-33(3)57-30-74-49/h9,11-20,25,30,32,41,43-44,50,66H,10,21-24,26-29H2,1-8H3,(H,58,69)(H,59,67)(H,61,68)/t32-,41+,43-,44-,50?/m0/s1. The molecule has 5 atom stereocenters. The van der Waals surface area contributed by atoms with Crippen LogP contribution in [0, 0.1) is 33.1 Å². The number of aliphatic hydroxyl groups is 1. The van der Waals surface area contributed by atoms with Crippen molar-refractivity contribution >= 4 is 69.3 Å². The van der Waals surface area contributed by atoms with Gasteiger partial charge >= 0.3 is 0 Å². The zero-order valence-electron chi connectivity index (χ0n) is 43.4. The fourth-order valence-corrected chi connectivity index (χ4v) is 11.3. The Bertz CT molecular complexity index is 3040. The summed E-state index contributed by atoms with van der Waals surface area (Å²) in [7, 11) is 0. The summed E-state index contributed by atoms with van der Waals surface area (Å²) in [6, 6.07) is 19.7. The van der Waals surface area contributed by atoms with E-state index in [1.807, 2.05) is 100 Å². The average Bonchev–Trinajstić information content (AvgIpc) is 4.16. The van der Waals surface area contributed by atoms with Crippen molar-refractivity contribution in [2.24, 2.45) is 10.4 Å². The third kappa shape index (κ3) is 13.2. The van der Waals surface area contributed by atoms with Gasteiger partial charge in [-0.3, -0.25) is 28.7 Å². The molecule has 20 heteroatoms. The van der Waals surface area contributed by atoms with Crippen LogP contribution in [0.3, 0.4) is 0 Å². The van der Waals surface area contributed by atoms with E-state index >= 15 is 0 Å². The van der Waals surface area contributed by atoms with Crippen LogP contribution in [0.2, 0.25) is 5.02 Å². The van der Waals surface area contributed by atoms with Gasteiger partial charge < -0.3 is 40.2 Å². The van der Waals surface area contributed by atoms with Crippen LogP contribution in [0.5, 0.6) is 5.75 Å². The van der Waals surface area contributed by atoms with Gasteiger partial charge in [0.25, 0.3) is 0 Å². The molecule has 3 aromatic carbocycles. The van der Waals surface area contributed by atoms with Crippen LogP contribution in [0.15, 0.2) is 83.3 Å². The molecule has 0 bridgehead atoms. The highest BCUT2D eigenvalue weighted by Gasteiger charge is 2.45. The molecule has 396 valence electrons. The number of nitrogens with zero attached hydrogens (tertiary/aromatic N) is 6. The minimum absolute atomic E-state index is 0.0194. The van der Waals surface area contributed by atoms with E-state index in [1.54, 1.807) is 46.9 Å². The van der Waals surface area contributed by atoms with Crippen LogP contribution in [-0.2, 0) is 28.7 Å². The lowest BCUT2D eigenvalue weighted by atomic mass is 9.85. The maximum Gasteiger partial charge on any atom is 0.246 e. The Hall–Kier alpha value is -6.35. The second-order valence-electron chi connectivity index (χ2n) is 19.9. The maximum atomic E-state index is 14.1. The number of aliphatic imine (C=N–C) groups is 1. The number of thiazole rings is 1. The molecule has 0 saturated carbocycles. The first-order valence-corrected chi connectivity index (χ1v) is 27.1. The van der Waals surface area contributed by atoms with E-state index in [0.29, 0.717) is 41.1 Å². The number of aromatic nitrogens is 4. The summed E-state index contributed by atoms with van der Waals surface area (Å²) in [5.41, 5.74) is 8.30. The Morgan fingerprint density at radius 1 is 0.893 bits per heavy atom. The van der Waals surface area contributed by atoms with Gasteiger partial charge in [-0.25, -0.2) is 4.98 Å². The van der Waals surface area contributed by atoms with Crippen LogP contribution < -0.4 is 20.7 Å². The van der Waals surface area contributed by atoms with E-state index in [1.165, 1.54) is 4.90 Å². The lowest BCUT2D eigenvalue weighted by Gasteiger charge is -2.35. The van der Waals surface area contributed by atoms with Crippen molar-refractivity contribution in [3.05, 3.63) is 128 Å². The lowest BCUT2D eigenvalue weighted by Crippen LogP contribution is -2.58. The molecule has 2 aliphatic rings. The lowest BCUT2D eigenvalue weighted by molar-refractivity contribution is -0.144. The molecule has 6 aromatic rings. The molecular formula is C55H64ClN9O8S2. The van der Waals surface area contributed by atoms with Gasteiger partial charge in [0.15, 0.2) is 5.82 Å². The molecule has 17 nitrogen and oxygen atoms in total. The van der Waals surface area contributed by atoms with E-state index < -0.39 is 41.5 Å². The highest BCUT2D eigenvalue weighted by molar-refractivity contribution is 7.15. The Labute approximate surface area is 450 Å². The number of thiophene rings is 1. The predicted octanol–water partition coefficient (Wildman–Crippen LogP) is 8.43. The van der Waals surface area contributed by atoms with Gasteiger partial charge in [0.1, 0.15) is 47.9 Å². The first-order chi connectivity index (χ1) is 35.9. The minimum atomic E-state index is -0.983. The molecule has 0 aliphatic carbocycles. The number of benzene rings is 3. The van der Waals surface area contributed by atoms with Crippen LogP contribution in [0.1, 0.15) is 104 Å². The molecular weight excluding hydrogens is 1010 g/mol. The number of anilines is 1. The summed E-state index contributed by atoms with van der Waals surface area (Å²) in [6.07, 6.45) is -0.287. The van der Waals surface area contributed by atoms with Gasteiger partial charge in [-0.2, -0.15) is 0 Å². The number of amides is 4. The highest BCUT2D eigenvalue weighted by Crippen LogP contribution is 2.40. The fraction of sp³-hybridized carbons (Fsp3) is 0.418. The topological polar surface area (TPSA) is 211 Å². The maximum absolute atomic E-state index is 14.1. The zero-order chi connectivity index (χ0) is 53.6. The zero-order valence-corrected chi connectivity index (χ0v) is 45.8. The third-order valence-corrected chi connectivity index (χ3v) is 15.6. The van der Waals surface area contributed by atoms with Crippen molar-refractivity contribution in [1.82, 2.24) is 35.3 Å². The summed E-state index contributed by atoms with van der Waals surface area (Å²) in [5.74, 6) is 0.285. The van der Waals surface area contributed by atoms with Crippen LogP contribution in [0.25, 0.3) is 15.4 Å². The van der Waals surface area contributed by atoms with Crippen molar-refractivity contribution in [3.8, 4) is 21.2 Å². The number of aryl methyl sites for hydroxylation is 3. The number of β-amino-alcohol motifs (C(OH)–C–C–N with tert-alkyl or cyclic N) is 1. The predicted molar refractivity (Wildman–Crippen MR) is 291 cm³/mol. The molecule has 8 rings (SSSR count). The number of ether oxygens (including phenoxy) is 3. The summed E-state index contributed by atoms with van der Waals surface area (Å²) in [4.78, 5) is 67.8. The van der Waals surface area contributed by atoms with E-state index in [-0.39, 0.29) is 63.7 Å². The molecule has 1 saturated heterocycles. The van der Waals surface area contributed by atoms with Crippen LogP contribution >= 0.6 is 34.3 Å². The first kappa shape index (κ1) is 54.9. The molecule has 1 unspecified atom stereocenters. The van der Waals surface area contributed by atoms with Gasteiger partial charge in [-0.15, -0.1) is 32.9 Å². The van der Waals surface area contributed by atoms with E-state index in [9.17, 15) is 24.3 Å². The number of halogens is 1. The third-order valence-electron chi connectivity index (χ3n) is 13.2. The Balaban J connectivity index is 0.758. The Morgan fingerprint density at radius 2 is 1.63 bits per heavy atom. The van der Waals surface area contributed by atoms with E-state index in [2.05, 4.69) is 45.0 Å². The molecule has 1 fully saturated rings. The number of carbonyl (C=O) groups is 4. The molecule has 2 aliphatic heterocycles. The number of rotatable bonds is 20. The molecule has 3 aromatic heterocycles. The van der Waals surface area contributed by atoms with Crippen molar-refractivity contribution in [2.75, 3.05) is 44.9 Å². The SMILES string of the molecule is Cc1ncsc1-c1ccc([C@H](C)NC(=O)[C@@H]2C[C@@H](O)CN2C(=O)C(NC(=O)COCCCOCCOc2cccc(NC(=O)C[C@@H]3N=C(c4ccc(Cl)cc4)c4c(sc(C)c4C)-n4c(C)nnc43)c2)C(C)(C)C)cc1. The first-order valence-electron chi connectivity index (χ1n) is 25.0. The molecule has 0 spiro atoms. The van der Waals surface area contributed by atoms with Gasteiger partial charge in [-0.05, 0) is 87.4 Å². The summed E-state index contributed by atoms with van der Waals surface area (Å²) in [5, 5.41) is 30.0. The van der Waals surface area contributed by atoms with Gasteiger partial charge in [-0.1, -0.05) is 74.8 Å². The van der Waals surface area contributed by atoms with Crippen molar-refractivity contribution in [1.29, 1.82) is 0 Å². The quantitative estimate of drug-likeness (QED) is 0.0533. The van der Waals surface area contributed by atoms with Gasteiger partial charge in [0.2, 0.25) is 23.6 Å². The smallest absolute Gasteiger partial charge is 0.246 e. The second-order valence-corrected chi connectivity index (χ2v) is 22.4. The summed E-state index contributed by atoms with van der Waals surface area (Å²) < 4.78 is 19.4. The van der Waals surface area contributed by atoms with Gasteiger partial charge in [0.05, 0.1) is 47.0 Å². The number of hydrogen-bond donors (Lipinski definition) is 4. The Kier molecular flexibility index (Phi) is 17.6. The summed E-state index contributed by atoms with van der Waals surface area (Å²) >= 11 is 9.48. The van der Waals surface area contributed by atoms with Crippen molar-refractivity contribution in [2.45, 2.75) is 105 Å². The van der Waals surface area contributed by atoms with E-state index in [0.717, 1.165) is 54.0 Å². The monoisotopic (exact) mass is 1080 g/mol. The van der Waals surface area contributed by atoms with E-state index in [4.69, 9.17) is 30.8 Å². The molecule has 4 N–H and O–H groups in total. The number of likely N-dealkylation sites (tertiary alicyclic amines) is 1. The number of aliphatic hydroxyl groups excluding tert-OH is 1. The number of nitrogens with one attached hydrogen (secondary N) is 3. The Morgan fingerprint density at radius 3 is 2.35 bits per heavy atom. The second kappa shape index (κ2) is 24.1. The largest absolute Gasteiger partial charge is 0.491 e. The number of hydrogen-bond acceptors (Lipinski definition) is 14. The van der Waals surface area contributed by atoms with Crippen molar-refractivity contribution in [3.63, 3.8) is 0 Å². The fourth-order valence-electron chi connectivity index (χ4n) is 9.15. The molecule has 0 radical (unpaired) electrons. The van der Waals surface area contributed by atoms with Crippen LogP contribution in [0.4, 0.5) is 5.69 Å². The average molecular weight is 1080 g/mol. The van der Waals surface area contributed by atoms with Gasteiger partial charge in [0, 0.05) is 59.0 Å². The minimum Gasteiger partial charge on any atom is -0.491 e. The van der Waals surface area contributed by atoms with Crippen LogP contribution in [-0.4, -0.2) is 117 Å².